The lowest BCUT2D eigenvalue weighted by atomic mass is 10.3. The highest BCUT2D eigenvalue weighted by Crippen LogP contribution is 2.32. The summed E-state index contributed by atoms with van der Waals surface area (Å²) in [5.41, 5.74) is 0.444. The van der Waals surface area contributed by atoms with Gasteiger partial charge in [0.25, 0.3) is 0 Å². The second kappa shape index (κ2) is 3.41. The Kier molecular flexibility index (Phi) is 2.01. The Balaban J connectivity index is 1.98. The van der Waals surface area contributed by atoms with Crippen LogP contribution < -0.4 is 4.90 Å². The summed E-state index contributed by atoms with van der Waals surface area (Å²) in [6.07, 6.45) is 1.60. The molecule has 1 aliphatic heterocycles. The van der Waals surface area contributed by atoms with Crippen LogP contribution in [0.25, 0.3) is 0 Å². The molecule has 1 heterocycles. The third-order valence-corrected chi connectivity index (χ3v) is 2.93. The highest BCUT2D eigenvalue weighted by molar-refractivity contribution is 6.52. The first-order valence-electron chi connectivity index (χ1n) is 5.47. The molecule has 86 valence electrons. The molecule has 0 unspecified atom stereocenters. The molecule has 1 saturated heterocycles. The molecule has 1 saturated carbocycles. The lowest BCUT2D eigenvalue weighted by molar-refractivity contribution is -0.139. The van der Waals surface area contributed by atoms with Crippen LogP contribution >= 0.6 is 0 Å². The molecule has 0 bridgehead atoms. The summed E-state index contributed by atoms with van der Waals surface area (Å²) in [5, 5.41) is 0. The standard InChI is InChI=1S/C12H10N2O3/c15-10-11(16)14(9-6-7-9)12(17)13(10)8-4-2-1-3-5-8/h1-5,9H,6-7H2. The van der Waals surface area contributed by atoms with Gasteiger partial charge in [-0.25, -0.2) is 9.69 Å². The molecule has 5 nitrogen and oxygen atoms in total. The van der Waals surface area contributed by atoms with E-state index in [1.54, 1.807) is 30.3 Å². The van der Waals surface area contributed by atoms with Crippen LogP contribution in [-0.2, 0) is 9.59 Å². The first-order chi connectivity index (χ1) is 8.20. The topological polar surface area (TPSA) is 57.7 Å². The third-order valence-electron chi connectivity index (χ3n) is 2.93. The first kappa shape index (κ1) is 10.0. The predicted molar refractivity (Wildman–Crippen MR) is 59.2 cm³/mol. The van der Waals surface area contributed by atoms with Gasteiger partial charge in [0.15, 0.2) is 0 Å². The van der Waals surface area contributed by atoms with Crippen molar-refractivity contribution in [1.82, 2.24) is 4.90 Å². The number of carbonyl (C=O) groups excluding carboxylic acids is 3. The van der Waals surface area contributed by atoms with Gasteiger partial charge in [0.05, 0.1) is 5.69 Å². The zero-order chi connectivity index (χ0) is 12.0. The van der Waals surface area contributed by atoms with Crippen LogP contribution in [0.5, 0.6) is 0 Å². The van der Waals surface area contributed by atoms with Crippen molar-refractivity contribution >= 4 is 23.5 Å². The van der Waals surface area contributed by atoms with Crippen molar-refractivity contribution in [2.24, 2.45) is 0 Å². The van der Waals surface area contributed by atoms with Crippen LogP contribution in [0.1, 0.15) is 12.8 Å². The molecule has 4 amide bonds. The minimum atomic E-state index is -0.756. The van der Waals surface area contributed by atoms with Crippen molar-refractivity contribution in [2.45, 2.75) is 18.9 Å². The summed E-state index contributed by atoms with van der Waals surface area (Å²) in [5.74, 6) is -1.46. The van der Waals surface area contributed by atoms with Crippen LogP contribution in [0.4, 0.5) is 10.5 Å². The number of nitrogens with zero attached hydrogens (tertiary/aromatic N) is 2. The molecule has 1 aromatic carbocycles. The largest absolute Gasteiger partial charge is 0.339 e. The normalized spacial score (nSPS) is 20.4. The second-order valence-electron chi connectivity index (χ2n) is 4.17. The molecule has 2 aliphatic rings. The Morgan fingerprint density at radius 2 is 1.59 bits per heavy atom. The third kappa shape index (κ3) is 1.43. The Labute approximate surface area is 97.6 Å². The number of urea groups is 1. The molecule has 17 heavy (non-hydrogen) atoms. The summed E-state index contributed by atoms with van der Waals surface area (Å²) < 4.78 is 0. The molecular weight excluding hydrogens is 220 g/mol. The molecule has 0 aromatic heterocycles. The number of carbonyl (C=O) groups is 3. The fourth-order valence-corrected chi connectivity index (χ4v) is 1.94. The van der Waals surface area contributed by atoms with Gasteiger partial charge in [0, 0.05) is 6.04 Å². The van der Waals surface area contributed by atoms with E-state index < -0.39 is 17.8 Å². The monoisotopic (exact) mass is 230 g/mol. The van der Waals surface area contributed by atoms with Gasteiger partial charge < -0.3 is 0 Å². The average molecular weight is 230 g/mol. The molecule has 0 atom stereocenters. The molecule has 2 fully saturated rings. The van der Waals surface area contributed by atoms with Gasteiger partial charge in [0.2, 0.25) is 0 Å². The maximum absolute atomic E-state index is 12.0. The minimum Gasteiger partial charge on any atom is -0.263 e. The number of hydrogen-bond donors (Lipinski definition) is 0. The van der Waals surface area contributed by atoms with Crippen molar-refractivity contribution in [3.05, 3.63) is 30.3 Å². The van der Waals surface area contributed by atoms with E-state index in [2.05, 4.69) is 0 Å². The lowest BCUT2D eigenvalue weighted by Gasteiger charge is -2.14. The molecule has 0 spiro atoms. The van der Waals surface area contributed by atoms with E-state index in [0.29, 0.717) is 5.69 Å². The number of amides is 4. The van der Waals surface area contributed by atoms with Crippen LogP contribution in [0.15, 0.2) is 30.3 Å². The van der Waals surface area contributed by atoms with Crippen molar-refractivity contribution in [3.63, 3.8) is 0 Å². The number of hydrogen-bond acceptors (Lipinski definition) is 3. The van der Waals surface area contributed by atoms with Crippen molar-refractivity contribution < 1.29 is 14.4 Å². The Morgan fingerprint density at radius 3 is 2.18 bits per heavy atom. The van der Waals surface area contributed by atoms with E-state index in [4.69, 9.17) is 0 Å². The van der Waals surface area contributed by atoms with Crippen molar-refractivity contribution in [2.75, 3.05) is 4.90 Å². The molecule has 3 rings (SSSR count). The number of anilines is 1. The summed E-state index contributed by atoms with van der Waals surface area (Å²) in [6.45, 7) is 0. The summed E-state index contributed by atoms with van der Waals surface area (Å²) in [6, 6.07) is 7.91. The van der Waals surface area contributed by atoms with Gasteiger partial charge in [-0.15, -0.1) is 0 Å². The summed E-state index contributed by atoms with van der Waals surface area (Å²) in [7, 11) is 0. The van der Waals surface area contributed by atoms with E-state index in [-0.39, 0.29) is 6.04 Å². The van der Waals surface area contributed by atoms with E-state index >= 15 is 0 Å². The Hall–Kier alpha value is -2.17. The van der Waals surface area contributed by atoms with Gasteiger partial charge in [-0.05, 0) is 25.0 Å². The maximum atomic E-state index is 12.0. The average Bonchev–Trinajstić information content (AvgIpc) is 3.12. The van der Waals surface area contributed by atoms with E-state index in [0.717, 1.165) is 22.6 Å². The van der Waals surface area contributed by atoms with Crippen LogP contribution in [0.2, 0.25) is 0 Å². The van der Waals surface area contributed by atoms with Crippen molar-refractivity contribution in [1.29, 1.82) is 0 Å². The second-order valence-corrected chi connectivity index (χ2v) is 4.17. The van der Waals surface area contributed by atoms with Crippen LogP contribution in [-0.4, -0.2) is 28.8 Å². The number of para-hydroxylation sites is 1. The van der Waals surface area contributed by atoms with Gasteiger partial charge in [-0.2, -0.15) is 0 Å². The molecule has 0 radical (unpaired) electrons. The maximum Gasteiger partial charge on any atom is 0.339 e. The lowest BCUT2D eigenvalue weighted by Crippen LogP contribution is -2.34. The highest BCUT2D eigenvalue weighted by atomic mass is 16.2. The smallest absolute Gasteiger partial charge is 0.263 e. The molecule has 5 heteroatoms. The zero-order valence-corrected chi connectivity index (χ0v) is 9.00. The van der Waals surface area contributed by atoms with E-state index in [9.17, 15) is 14.4 Å². The van der Waals surface area contributed by atoms with Gasteiger partial charge in [-0.1, -0.05) is 18.2 Å². The SMILES string of the molecule is O=C1C(=O)N(C2CC2)C(=O)N1c1ccccc1. The quantitative estimate of drug-likeness (QED) is 0.565. The van der Waals surface area contributed by atoms with E-state index in [1.807, 2.05) is 0 Å². The first-order valence-corrected chi connectivity index (χ1v) is 5.47. The van der Waals surface area contributed by atoms with Crippen LogP contribution in [0, 0.1) is 0 Å². The van der Waals surface area contributed by atoms with Crippen molar-refractivity contribution in [3.8, 4) is 0 Å². The predicted octanol–water partition coefficient (Wildman–Crippen LogP) is 1.14. The number of benzene rings is 1. The molecule has 1 aromatic rings. The fraction of sp³-hybridized carbons (Fsp3) is 0.250. The van der Waals surface area contributed by atoms with Crippen LogP contribution in [0.3, 0.4) is 0 Å². The molecule has 0 N–H and O–H groups in total. The minimum absolute atomic E-state index is 0.0762. The van der Waals surface area contributed by atoms with E-state index in [1.165, 1.54) is 0 Å². The van der Waals surface area contributed by atoms with Gasteiger partial charge in [0.1, 0.15) is 0 Å². The highest BCUT2D eigenvalue weighted by Gasteiger charge is 2.51. The number of rotatable bonds is 2. The molecule has 1 aliphatic carbocycles. The Bertz CT molecular complexity index is 508. The molecular formula is C12H10N2O3. The zero-order valence-electron chi connectivity index (χ0n) is 9.00. The fourth-order valence-electron chi connectivity index (χ4n) is 1.94. The summed E-state index contributed by atoms with van der Waals surface area (Å²) in [4.78, 5) is 37.5. The number of imide groups is 2. The van der Waals surface area contributed by atoms with Gasteiger partial charge >= 0.3 is 17.8 Å². The van der Waals surface area contributed by atoms with Gasteiger partial charge in [-0.3, -0.25) is 14.5 Å². The summed E-state index contributed by atoms with van der Waals surface area (Å²) >= 11 is 0. The Morgan fingerprint density at radius 1 is 0.941 bits per heavy atom.